The van der Waals surface area contributed by atoms with Gasteiger partial charge in [-0.25, -0.2) is 4.98 Å². The predicted molar refractivity (Wildman–Crippen MR) is 83.6 cm³/mol. The van der Waals surface area contributed by atoms with E-state index >= 15 is 0 Å². The molecule has 1 heterocycles. The number of nitrogens with zero attached hydrogens (tertiary/aromatic N) is 1. The number of pyridine rings is 1. The van der Waals surface area contributed by atoms with Crippen LogP contribution in [0, 0.1) is 0 Å². The van der Waals surface area contributed by atoms with Crippen molar-refractivity contribution in [2.45, 2.75) is 0 Å². The molecule has 0 radical (unpaired) electrons. The van der Waals surface area contributed by atoms with Gasteiger partial charge in [-0.3, -0.25) is 4.79 Å². The van der Waals surface area contributed by atoms with Gasteiger partial charge in [-0.1, -0.05) is 6.07 Å². The van der Waals surface area contributed by atoms with Crippen LogP contribution in [0.1, 0.15) is 10.4 Å². The van der Waals surface area contributed by atoms with Crippen LogP contribution < -0.4 is 10.6 Å². The van der Waals surface area contributed by atoms with Crippen LogP contribution in [0.3, 0.4) is 0 Å². The Morgan fingerprint density at radius 3 is 2.47 bits per heavy atom. The lowest BCUT2D eigenvalue weighted by Crippen LogP contribution is -2.15. The van der Waals surface area contributed by atoms with Gasteiger partial charge in [-0.2, -0.15) is 0 Å². The van der Waals surface area contributed by atoms with Crippen LogP contribution in [0.2, 0.25) is 0 Å². The van der Waals surface area contributed by atoms with Gasteiger partial charge in [0.25, 0.3) is 5.91 Å². The second-order valence-electron chi connectivity index (χ2n) is 3.70. The molecule has 0 aliphatic heterocycles. The van der Waals surface area contributed by atoms with E-state index in [0.29, 0.717) is 17.1 Å². The first-order valence-electron chi connectivity index (χ1n) is 5.51. The quantitative estimate of drug-likeness (QED) is 0.843. The number of hydrogen-bond acceptors (Lipinski definition) is 3. The third-order valence-electron chi connectivity index (χ3n) is 2.49. The molecular weight excluding hydrogens is 374 g/mol. The van der Waals surface area contributed by atoms with E-state index in [2.05, 4.69) is 47.5 Å². The average molecular weight is 385 g/mol. The van der Waals surface area contributed by atoms with Crippen molar-refractivity contribution in [1.82, 2.24) is 4.98 Å². The number of aromatic nitrogens is 1. The fraction of sp³-hybridized carbons (Fsp3) is 0.0769. The fourth-order valence-corrected chi connectivity index (χ4v) is 2.78. The van der Waals surface area contributed by atoms with Crippen LogP contribution in [0.4, 0.5) is 11.5 Å². The summed E-state index contributed by atoms with van der Waals surface area (Å²) in [7, 11) is 1.73. The van der Waals surface area contributed by atoms with Crippen molar-refractivity contribution in [3.05, 3.63) is 51.0 Å². The zero-order valence-corrected chi connectivity index (χ0v) is 13.2. The molecule has 0 aliphatic rings. The zero-order valence-electron chi connectivity index (χ0n) is 10.1. The van der Waals surface area contributed by atoms with Gasteiger partial charge in [0.15, 0.2) is 0 Å². The highest BCUT2D eigenvalue weighted by Crippen LogP contribution is 2.31. The normalized spacial score (nSPS) is 10.1. The molecule has 0 unspecified atom stereocenters. The minimum atomic E-state index is -0.218. The Bertz CT molecular complexity index is 596. The SMILES string of the molecule is CNc1ncccc1C(=O)Nc1c(Br)cccc1Br. The Hall–Kier alpha value is -1.40. The molecule has 0 atom stereocenters. The molecule has 0 bridgehead atoms. The summed E-state index contributed by atoms with van der Waals surface area (Å²) in [6.07, 6.45) is 1.64. The van der Waals surface area contributed by atoms with Crippen molar-refractivity contribution in [2.24, 2.45) is 0 Å². The zero-order chi connectivity index (χ0) is 13.8. The lowest BCUT2D eigenvalue weighted by atomic mass is 10.2. The van der Waals surface area contributed by atoms with Crippen molar-refractivity contribution >= 4 is 49.3 Å². The summed E-state index contributed by atoms with van der Waals surface area (Å²) in [6.45, 7) is 0. The van der Waals surface area contributed by atoms with Crippen LogP contribution in [-0.4, -0.2) is 17.9 Å². The Morgan fingerprint density at radius 1 is 1.16 bits per heavy atom. The molecule has 1 amide bonds. The maximum atomic E-state index is 12.3. The molecule has 2 rings (SSSR count). The van der Waals surface area contributed by atoms with Gasteiger partial charge in [0, 0.05) is 22.2 Å². The van der Waals surface area contributed by atoms with Gasteiger partial charge in [-0.05, 0) is 56.1 Å². The minimum Gasteiger partial charge on any atom is -0.372 e. The molecule has 0 fully saturated rings. The highest BCUT2D eigenvalue weighted by Gasteiger charge is 2.14. The highest BCUT2D eigenvalue weighted by atomic mass is 79.9. The summed E-state index contributed by atoms with van der Waals surface area (Å²) < 4.78 is 1.62. The number of anilines is 2. The largest absolute Gasteiger partial charge is 0.372 e. The van der Waals surface area contributed by atoms with E-state index in [0.717, 1.165) is 8.95 Å². The molecule has 0 saturated carbocycles. The molecule has 19 heavy (non-hydrogen) atoms. The topological polar surface area (TPSA) is 54.0 Å². The summed E-state index contributed by atoms with van der Waals surface area (Å²) in [5, 5.41) is 5.75. The molecule has 0 saturated heterocycles. The number of para-hydroxylation sites is 1. The molecule has 1 aromatic heterocycles. The summed E-state index contributed by atoms with van der Waals surface area (Å²) in [5.41, 5.74) is 1.19. The first-order valence-corrected chi connectivity index (χ1v) is 7.10. The Morgan fingerprint density at radius 2 is 1.84 bits per heavy atom. The van der Waals surface area contributed by atoms with Crippen molar-refractivity contribution in [1.29, 1.82) is 0 Å². The lowest BCUT2D eigenvalue weighted by Gasteiger charge is -2.11. The van der Waals surface area contributed by atoms with Crippen molar-refractivity contribution in [3.8, 4) is 0 Å². The molecule has 0 aliphatic carbocycles. The lowest BCUT2D eigenvalue weighted by molar-refractivity contribution is 0.102. The molecule has 2 N–H and O–H groups in total. The molecule has 0 spiro atoms. The van der Waals surface area contributed by atoms with E-state index in [9.17, 15) is 4.79 Å². The number of rotatable bonds is 3. The smallest absolute Gasteiger partial charge is 0.259 e. The number of amides is 1. The summed E-state index contributed by atoms with van der Waals surface area (Å²) >= 11 is 6.82. The van der Waals surface area contributed by atoms with E-state index in [-0.39, 0.29) is 5.91 Å². The summed E-state index contributed by atoms with van der Waals surface area (Å²) in [4.78, 5) is 16.4. The first-order chi connectivity index (χ1) is 9.13. The van der Waals surface area contributed by atoms with Crippen LogP contribution in [0.5, 0.6) is 0 Å². The number of carbonyl (C=O) groups excluding carboxylic acids is 1. The number of carbonyl (C=O) groups is 1. The third-order valence-corrected chi connectivity index (χ3v) is 3.81. The van der Waals surface area contributed by atoms with Gasteiger partial charge in [0.05, 0.1) is 11.3 Å². The van der Waals surface area contributed by atoms with Crippen LogP contribution in [0.25, 0.3) is 0 Å². The second kappa shape index (κ2) is 6.16. The highest BCUT2D eigenvalue weighted by molar-refractivity contribution is 9.11. The standard InChI is InChI=1S/C13H11Br2N3O/c1-16-12-8(4-3-7-17-12)13(19)18-11-9(14)5-2-6-10(11)15/h2-7H,1H3,(H,16,17)(H,18,19). The number of benzene rings is 1. The molecule has 98 valence electrons. The molecule has 4 nitrogen and oxygen atoms in total. The molecule has 6 heteroatoms. The van der Waals surface area contributed by atoms with Crippen LogP contribution in [0.15, 0.2) is 45.5 Å². The second-order valence-corrected chi connectivity index (χ2v) is 5.41. The van der Waals surface area contributed by atoms with E-state index in [1.807, 2.05) is 18.2 Å². The van der Waals surface area contributed by atoms with E-state index in [4.69, 9.17) is 0 Å². The number of halogens is 2. The molecular formula is C13H11Br2N3O. The number of hydrogen-bond donors (Lipinski definition) is 2. The van der Waals surface area contributed by atoms with E-state index < -0.39 is 0 Å². The van der Waals surface area contributed by atoms with Gasteiger partial charge in [0.2, 0.25) is 0 Å². The van der Waals surface area contributed by atoms with Crippen molar-refractivity contribution < 1.29 is 4.79 Å². The maximum Gasteiger partial charge on any atom is 0.259 e. The van der Waals surface area contributed by atoms with Crippen LogP contribution in [-0.2, 0) is 0 Å². The molecule has 1 aromatic carbocycles. The fourth-order valence-electron chi connectivity index (χ4n) is 1.59. The Labute approximate surface area is 127 Å². The van der Waals surface area contributed by atoms with Crippen molar-refractivity contribution in [3.63, 3.8) is 0 Å². The van der Waals surface area contributed by atoms with Gasteiger partial charge in [-0.15, -0.1) is 0 Å². The Balaban J connectivity index is 2.31. The Kier molecular flexibility index (Phi) is 4.55. The third kappa shape index (κ3) is 3.13. The van der Waals surface area contributed by atoms with Crippen molar-refractivity contribution in [2.75, 3.05) is 17.7 Å². The van der Waals surface area contributed by atoms with E-state index in [1.165, 1.54) is 0 Å². The first kappa shape index (κ1) is 14.0. The summed E-state index contributed by atoms with van der Waals surface area (Å²) in [6, 6.07) is 9.06. The maximum absolute atomic E-state index is 12.3. The summed E-state index contributed by atoms with van der Waals surface area (Å²) in [5.74, 6) is 0.327. The number of nitrogens with one attached hydrogen (secondary N) is 2. The monoisotopic (exact) mass is 383 g/mol. The van der Waals surface area contributed by atoms with E-state index in [1.54, 1.807) is 25.4 Å². The minimum absolute atomic E-state index is 0.218. The van der Waals surface area contributed by atoms with Gasteiger partial charge < -0.3 is 10.6 Å². The van der Waals surface area contributed by atoms with Crippen LogP contribution >= 0.6 is 31.9 Å². The van der Waals surface area contributed by atoms with Gasteiger partial charge in [0.1, 0.15) is 5.82 Å². The van der Waals surface area contributed by atoms with Gasteiger partial charge >= 0.3 is 0 Å². The molecule has 2 aromatic rings. The average Bonchev–Trinajstić information content (AvgIpc) is 2.42. The predicted octanol–water partition coefficient (Wildman–Crippen LogP) is 3.90.